The van der Waals surface area contributed by atoms with Crippen LogP contribution in [0, 0.1) is 16.7 Å². The second-order valence-electron chi connectivity index (χ2n) is 10.7. The lowest BCUT2D eigenvalue weighted by Crippen LogP contribution is -2.56. The van der Waals surface area contributed by atoms with Gasteiger partial charge in [0.05, 0.1) is 17.0 Å². The Hall–Kier alpha value is -3.54. The van der Waals surface area contributed by atoms with Crippen LogP contribution in [0.1, 0.15) is 57.6 Å². The molecule has 1 aliphatic heterocycles. The summed E-state index contributed by atoms with van der Waals surface area (Å²) in [7, 11) is 0. The van der Waals surface area contributed by atoms with Gasteiger partial charge in [0.15, 0.2) is 11.8 Å². The molecule has 0 unspecified atom stereocenters. The number of rotatable bonds is 4. The second-order valence-corrected chi connectivity index (χ2v) is 10.7. The topological polar surface area (TPSA) is 90.9 Å². The predicted octanol–water partition coefficient (Wildman–Crippen LogP) is 3.99. The van der Waals surface area contributed by atoms with Gasteiger partial charge in [0.2, 0.25) is 0 Å². The van der Waals surface area contributed by atoms with Crippen molar-refractivity contribution < 1.29 is 9.18 Å². The van der Waals surface area contributed by atoms with E-state index in [1.54, 1.807) is 50.3 Å². The Morgan fingerprint density at radius 3 is 2.66 bits per heavy atom. The summed E-state index contributed by atoms with van der Waals surface area (Å²) in [4.78, 5) is 30.4. The number of carbonyl (C=O) groups excluding carboxylic acids is 1. The van der Waals surface area contributed by atoms with Crippen LogP contribution in [0.2, 0.25) is 0 Å². The number of carbonyl (C=O) groups is 1. The van der Waals surface area contributed by atoms with Crippen LogP contribution in [0.3, 0.4) is 0 Å². The maximum Gasteiger partial charge on any atom is 0.257 e. The van der Waals surface area contributed by atoms with Crippen molar-refractivity contribution in [1.29, 1.82) is 5.26 Å². The van der Waals surface area contributed by atoms with Crippen LogP contribution in [-0.2, 0) is 4.79 Å². The molecule has 1 aliphatic carbocycles. The van der Waals surface area contributed by atoms with Crippen LogP contribution in [0.15, 0.2) is 30.9 Å². The van der Waals surface area contributed by atoms with Gasteiger partial charge in [0.25, 0.3) is 5.91 Å². The lowest BCUT2D eigenvalue weighted by Gasteiger charge is -2.42. The Labute approximate surface area is 204 Å². The van der Waals surface area contributed by atoms with Crippen molar-refractivity contribution in [1.82, 2.24) is 24.4 Å². The first-order valence-electron chi connectivity index (χ1n) is 12.1. The van der Waals surface area contributed by atoms with Gasteiger partial charge in [-0.2, -0.15) is 5.26 Å². The van der Waals surface area contributed by atoms with Gasteiger partial charge in [0.1, 0.15) is 18.0 Å². The van der Waals surface area contributed by atoms with Crippen LogP contribution >= 0.6 is 0 Å². The number of nitriles is 1. The average molecular weight is 476 g/mol. The molecule has 1 amide bonds. The van der Waals surface area contributed by atoms with E-state index in [9.17, 15) is 14.4 Å². The molecule has 182 valence electrons. The number of pyridine rings is 1. The number of fused-ring (bicyclic) bond motifs is 1. The number of amides is 1. The van der Waals surface area contributed by atoms with E-state index in [1.807, 2.05) is 11.5 Å². The van der Waals surface area contributed by atoms with Gasteiger partial charge in [-0.25, -0.2) is 19.3 Å². The first kappa shape index (κ1) is 23.2. The highest BCUT2D eigenvalue weighted by atomic mass is 19.1. The Morgan fingerprint density at radius 1 is 1.23 bits per heavy atom. The minimum Gasteiger partial charge on any atom is -0.350 e. The van der Waals surface area contributed by atoms with Crippen LogP contribution in [0.4, 0.5) is 10.2 Å². The largest absolute Gasteiger partial charge is 0.350 e. The Kier molecular flexibility index (Phi) is 5.70. The summed E-state index contributed by atoms with van der Waals surface area (Å²) in [6, 6.07) is 5.58. The number of aromatic nitrogens is 4. The molecular formula is C26H30FN7O. The van der Waals surface area contributed by atoms with Crippen LogP contribution in [0.5, 0.6) is 0 Å². The smallest absolute Gasteiger partial charge is 0.257 e. The molecule has 2 aliphatic rings. The molecule has 1 saturated heterocycles. The summed E-state index contributed by atoms with van der Waals surface area (Å²) in [6.07, 6.45) is 5.96. The minimum absolute atomic E-state index is 0.0339. The highest BCUT2D eigenvalue weighted by molar-refractivity contribution is 5.93. The van der Waals surface area contributed by atoms with Crippen LogP contribution in [0.25, 0.3) is 16.9 Å². The number of halogens is 1. The Bertz CT molecular complexity index is 1320. The maximum absolute atomic E-state index is 14.8. The maximum atomic E-state index is 14.8. The Morgan fingerprint density at radius 2 is 2.00 bits per heavy atom. The van der Waals surface area contributed by atoms with Crippen molar-refractivity contribution in [2.45, 2.75) is 58.7 Å². The lowest BCUT2D eigenvalue weighted by atomic mass is 9.89. The summed E-state index contributed by atoms with van der Waals surface area (Å²) in [5, 5.41) is 10.3. The molecular weight excluding hydrogens is 445 g/mol. The number of hydrogen-bond donors (Lipinski definition) is 0. The molecule has 2 atom stereocenters. The summed E-state index contributed by atoms with van der Waals surface area (Å²) < 4.78 is 16.7. The van der Waals surface area contributed by atoms with Gasteiger partial charge in [0, 0.05) is 43.5 Å². The fourth-order valence-electron chi connectivity index (χ4n) is 4.79. The molecule has 3 aromatic heterocycles. The molecule has 4 heterocycles. The highest BCUT2D eigenvalue weighted by Gasteiger charge is 2.38. The van der Waals surface area contributed by atoms with E-state index in [0.717, 1.165) is 29.7 Å². The standard InChI is InChI=1S/C26H30FN7O/c1-16-13-32(25(35)22(27)26(2,3)4)9-10-33(16)23-21-19(18-5-6-18)14-34(24(21)31-15-30-23)20-11-17(12-28)7-8-29-20/h7-8,11,14-16,18,22H,5-6,9-10,13H2,1-4H3/t16-,22+/m0/s1. The van der Waals surface area contributed by atoms with Crippen LogP contribution < -0.4 is 4.90 Å². The zero-order valence-electron chi connectivity index (χ0n) is 20.6. The Balaban J connectivity index is 1.51. The quantitative estimate of drug-likeness (QED) is 0.567. The molecule has 8 nitrogen and oxygen atoms in total. The van der Waals surface area contributed by atoms with E-state index in [4.69, 9.17) is 0 Å². The third-order valence-corrected chi connectivity index (χ3v) is 6.92. The normalized spacial score (nSPS) is 19.6. The van der Waals surface area contributed by atoms with E-state index in [1.165, 1.54) is 5.56 Å². The molecule has 0 aromatic carbocycles. The molecule has 35 heavy (non-hydrogen) atoms. The van der Waals surface area contributed by atoms with Gasteiger partial charge in [-0.15, -0.1) is 0 Å². The summed E-state index contributed by atoms with van der Waals surface area (Å²) >= 11 is 0. The number of nitrogens with zero attached hydrogens (tertiary/aromatic N) is 7. The molecule has 1 saturated carbocycles. The third kappa shape index (κ3) is 4.22. The number of piperazine rings is 1. The lowest BCUT2D eigenvalue weighted by molar-refractivity contribution is -0.141. The zero-order chi connectivity index (χ0) is 24.9. The minimum atomic E-state index is -1.53. The average Bonchev–Trinajstić information content (AvgIpc) is 3.62. The predicted molar refractivity (Wildman–Crippen MR) is 131 cm³/mol. The molecule has 0 bridgehead atoms. The van der Waals surface area contributed by atoms with E-state index in [0.29, 0.717) is 36.9 Å². The van der Waals surface area contributed by atoms with E-state index in [2.05, 4.69) is 32.1 Å². The molecule has 0 spiro atoms. The fraction of sp³-hybridized carbons (Fsp3) is 0.500. The van der Waals surface area contributed by atoms with Crippen molar-refractivity contribution in [3.05, 3.63) is 42.0 Å². The van der Waals surface area contributed by atoms with Gasteiger partial charge in [-0.1, -0.05) is 20.8 Å². The molecule has 0 N–H and O–H groups in total. The molecule has 5 rings (SSSR count). The van der Waals surface area contributed by atoms with Crippen molar-refractivity contribution in [2.24, 2.45) is 5.41 Å². The van der Waals surface area contributed by atoms with Gasteiger partial charge in [-0.05, 0) is 43.4 Å². The van der Waals surface area contributed by atoms with E-state index >= 15 is 0 Å². The SMILES string of the molecule is C[C@H]1CN(C(=O)[C@@H](F)C(C)(C)C)CCN1c1ncnc2c1c(C1CC1)cn2-c1cc(C#N)ccn1. The van der Waals surface area contributed by atoms with E-state index in [-0.39, 0.29) is 6.04 Å². The summed E-state index contributed by atoms with van der Waals surface area (Å²) in [5.74, 6) is 1.48. The molecule has 0 radical (unpaired) electrons. The van der Waals surface area contributed by atoms with E-state index < -0.39 is 17.5 Å². The zero-order valence-corrected chi connectivity index (χ0v) is 20.6. The number of anilines is 1. The van der Waals surface area contributed by atoms with Crippen molar-refractivity contribution in [3.8, 4) is 11.9 Å². The first-order chi connectivity index (χ1) is 16.7. The molecule has 9 heteroatoms. The van der Waals surface area contributed by atoms with Crippen molar-refractivity contribution >= 4 is 22.8 Å². The number of alkyl halides is 1. The third-order valence-electron chi connectivity index (χ3n) is 6.92. The monoisotopic (exact) mass is 475 g/mol. The second kappa shape index (κ2) is 8.59. The van der Waals surface area contributed by atoms with Crippen LogP contribution in [-0.4, -0.2) is 62.2 Å². The highest BCUT2D eigenvalue weighted by Crippen LogP contribution is 2.46. The van der Waals surface area contributed by atoms with Gasteiger partial charge >= 0.3 is 0 Å². The van der Waals surface area contributed by atoms with Crippen molar-refractivity contribution in [2.75, 3.05) is 24.5 Å². The summed E-state index contributed by atoms with van der Waals surface area (Å²) in [6.45, 7) is 8.73. The van der Waals surface area contributed by atoms with Gasteiger partial charge in [-0.3, -0.25) is 9.36 Å². The first-order valence-corrected chi connectivity index (χ1v) is 12.1. The molecule has 3 aromatic rings. The van der Waals surface area contributed by atoms with Gasteiger partial charge < -0.3 is 9.80 Å². The molecule has 2 fully saturated rings. The summed E-state index contributed by atoms with van der Waals surface area (Å²) in [5.41, 5.74) is 1.74. The number of hydrogen-bond acceptors (Lipinski definition) is 6. The fourth-order valence-corrected chi connectivity index (χ4v) is 4.79. The van der Waals surface area contributed by atoms with Crippen molar-refractivity contribution in [3.63, 3.8) is 0 Å².